The van der Waals surface area contributed by atoms with Crippen molar-refractivity contribution in [1.29, 1.82) is 0 Å². The fraction of sp³-hybridized carbons (Fsp3) is 0.0833. The molecular formula is C12H11NO. The molecule has 2 heteroatoms. The van der Waals surface area contributed by atoms with Gasteiger partial charge in [0.2, 0.25) is 0 Å². The molecule has 2 nitrogen and oxygen atoms in total. The third-order valence-corrected chi connectivity index (χ3v) is 2.12. The zero-order valence-electron chi connectivity index (χ0n) is 7.72. The number of pyridine rings is 1. The van der Waals surface area contributed by atoms with E-state index in [1.54, 1.807) is 12.3 Å². The number of benzene rings is 1. The zero-order valence-corrected chi connectivity index (χ0v) is 7.72. The van der Waals surface area contributed by atoms with Crippen molar-refractivity contribution in [3.05, 3.63) is 48.3 Å². The van der Waals surface area contributed by atoms with Gasteiger partial charge in [-0.1, -0.05) is 30.4 Å². The van der Waals surface area contributed by atoms with Crippen LogP contribution in [0.4, 0.5) is 0 Å². The summed E-state index contributed by atoms with van der Waals surface area (Å²) in [5.74, 6) is 0. The number of hydrogen-bond acceptors (Lipinski definition) is 2. The average Bonchev–Trinajstić information content (AvgIpc) is 2.26. The summed E-state index contributed by atoms with van der Waals surface area (Å²) in [7, 11) is 0. The maximum Gasteiger partial charge on any atom is 0.0615 e. The van der Waals surface area contributed by atoms with Crippen LogP contribution < -0.4 is 0 Å². The van der Waals surface area contributed by atoms with Crippen LogP contribution in [0.15, 0.2) is 42.7 Å². The van der Waals surface area contributed by atoms with Crippen molar-refractivity contribution in [2.75, 3.05) is 6.61 Å². The minimum atomic E-state index is 0.0709. The minimum Gasteiger partial charge on any atom is -0.392 e. The van der Waals surface area contributed by atoms with E-state index >= 15 is 0 Å². The largest absolute Gasteiger partial charge is 0.392 e. The first-order valence-corrected chi connectivity index (χ1v) is 4.52. The van der Waals surface area contributed by atoms with E-state index in [-0.39, 0.29) is 6.61 Å². The van der Waals surface area contributed by atoms with Crippen molar-refractivity contribution in [1.82, 2.24) is 4.98 Å². The van der Waals surface area contributed by atoms with Crippen LogP contribution in [0, 0.1) is 0 Å². The van der Waals surface area contributed by atoms with Gasteiger partial charge in [-0.05, 0) is 17.0 Å². The Bertz CT molecular complexity index is 457. The van der Waals surface area contributed by atoms with Crippen LogP contribution in [0.2, 0.25) is 0 Å². The third kappa shape index (κ3) is 1.65. The van der Waals surface area contributed by atoms with Gasteiger partial charge >= 0.3 is 0 Å². The van der Waals surface area contributed by atoms with Crippen LogP contribution in [0.3, 0.4) is 0 Å². The van der Waals surface area contributed by atoms with Gasteiger partial charge in [0, 0.05) is 17.8 Å². The fourth-order valence-corrected chi connectivity index (χ4v) is 1.47. The lowest BCUT2D eigenvalue weighted by molar-refractivity contribution is 0.343. The van der Waals surface area contributed by atoms with Crippen molar-refractivity contribution >= 4 is 16.8 Å². The van der Waals surface area contributed by atoms with Crippen LogP contribution in [0.1, 0.15) is 5.56 Å². The number of fused-ring (bicyclic) bond motifs is 1. The molecule has 0 saturated carbocycles. The number of nitrogens with zero attached hydrogens (tertiary/aromatic N) is 1. The highest BCUT2D eigenvalue weighted by molar-refractivity contribution is 5.89. The normalized spacial score (nSPS) is 11.2. The van der Waals surface area contributed by atoms with Gasteiger partial charge in [0.05, 0.1) is 6.61 Å². The van der Waals surface area contributed by atoms with Crippen molar-refractivity contribution in [2.45, 2.75) is 0 Å². The standard InChI is InChI=1S/C12H11NO/c14-8-2-5-10-3-1-4-11-9-13-7-6-12(10)11/h1-7,9,14H,8H2. The lowest BCUT2D eigenvalue weighted by Gasteiger charge is -2.00. The summed E-state index contributed by atoms with van der Waals surface area (Å²) in [5, 5.41) is 11.0. The Morgan fingerprint density at radius 2 is 2.21 bits per heavy atom. The quantitative estimate of drug-likeness (QED) is 0.778. The molecule has 0 aliphatic rings. The molecule has 1 N–H and O–H groups in total. The highest BCUT2D eigenvalue weighted by Crippen LogP contribution is 2.18. The Kier molecular flexibility index (Phi) is 2.56. The molecule has 70 valence electrons. The molecule has 2 rings (SSSR count). The van der Waals surface area contributed by atoms with E-state index in [4.69, 9.17) is 5.11 Å². The van der Waals surface area contributed by atoms with Gasteiger partial charge in [-0.3, -0.25) is 4.98 Å². The smallest absolute Gasteiger partial charge is 0.0615 e. The first-order chi connectivity index (χ1) is 6.92. The molecule has 1 heterocycles. The Labute approximate surface area is 82.5 Å². The molecule has 0 unspecified atom stereocenters. The monoisotopic (exact) mass is 185 g/mol. The second kappa shape index (κ2) is 4.03. The molecular weight excluding hydrogens is 174 g/mol. The third-order valence-electron chi connectivity index (χ3n) is 2.12. The van der Waals surface area contributed by atoms with E-state index in [9.17, 15) is 0 Å². The van der Waals surface area contributed by atoms with Gasteiger partial charge in [0.25, 0.3) is 0 Å². The fourth-order valence-electron chi connectivity index (χ4n) is 1.47. The van der Waals surface area contributed by atoms with E-state index < -0.39 is 0 Å². The molecule has 0 aliphatic heterocycles. The molecule has 14 heavy (non-hydrogen) atoms. The van der Waals surface area contributed by atoms with E-state index in [1.165, 1.54) is 0 Å². The predicted molar refractivity (Wildman–Crippen MR) is 57.9 cm³/mol. The molecule has 0 bridgehead atoms. The summed E-state index contributed by atoms with van der Waals surface area (Å²) in [5.41, 5.74) is 1.11. The molecule has 1 aromatic heterocycles. The predicted octanol–water partition coefficient (Wildman–Crippen LogP) is 2.24. The van der Waals surface area contributed by atoms with Gasteiger partial charge in [0.1, 0.15) is 0 Å². The molecule has 1 aromatic carbocycles. The summed E-state index contributed by atoms with van der Waals surface area (Å²) >= 11 is 0. The van der Waals surface area contributed by atoms with Crippen molar-refractivity contribution in [3.63, 3.8) is 0 Å². The van der Waals surface area contributed by atoms with Gasteiger partial charge < -0.3 is 5.11 Å². The topological polar surface area (TPSA) is 33.1 Å². The summed E-state index contributed by atoms with van der Waals surface area (Å²) in [6, 6.07) is 8.01. The number of rotatable bonds is 2. The molecule has 0 spiro atoms. The lowest BCUT2D eigenvalue weighted by Crippen LogP contribution is -1.80. The lowest BCUT2D eigenvalue weighted by atomic mass is 10.1. The highest BCUT2D eigenvalue weighted by Gasteiger charge is 1.95. The van der Waals surface area contributed by atoms with Gasteiger partial charge in [-0.25, -0.2) is 0 Å². The second-order valence-electron chi connectivity index (χ2n) is 3.03. The number of aromatic nitrogens is 1. The highest BCUT2D eigenvalue weighted by atomic mass is 16.2. The van der Waals surface area contributed by atoms with Crippen molar-refractivity contribution < 1.29 is 5.11 Å². The Balaban J connectivity index is 2.59. The zero-order chi connectivity index (χ0) is 9.80. The molecule has 0 saturated heterocycles. The van der Waals surface area contributed by atoms with Crippen LogP contribution >= 0.6 is 0 Å². The first kappa shape index (κ1) is 8.91. The van der Waals surface area contributed by atoms with Crippen molar-refractivity contribution in [2.24, 2.45) is 0 Å². The summed E-state index contributed by atoms with van der Waals surface area (Å²) < 4.78 is 0. The number of hydrogen-bond donors (Lipinski definition) is 1. The Morgan fingerprint density at radius 3 is 3.07 bits per heavy atom. The van der Waals surface area contributed by atoms with Crippen LogP contribution in [0.25, 0.3) is 16.8 Å². The van der Waals surface area contributed by atoms with E-state index in [1.807, 2.05) is 36.5 Å². The summed E-state index contributed by atoms with van der Waals surface area (Å²) in [4.78, 5) is 4.06. The second-order valence-corrected chi connectivity index (χ2v) is 3.03. The molecule has 2 aromatic rings. The van der Waals surface area contributed by atoms with E-state index in [0.717, 1.165) is 16.3 Å². The molecule has 0 atom stereocenters. The SMILES string of the molecule is OCC=Cc1cccc2cnccc12. The van der Waals surface area contributed by atoms with Crippen LogP contribution in [0.5, 0.6) is 0 Å². The van der Waals surface area contributed by atoms with Crippen LogP contribution in [-0.2, 0) is 0 Å². The molecule has 0 radical (unpaired) electrons. The van der Waals surface area contributed by atoms with E-state index in [0.29, 0.717) is 0 Å². The van der Waals surface area contributed by atoms with Gasteiger partial charge in [-0.2, -0.15) is 0 Å². The van der Waals surface area contributed by atoms with E-state index in [2.05, 4.69) is 4.98 Å². The van der Waals surface area contributed by atoms with Gasteiger partial charge in [0.15, 0.2) is 0 Å². The Hall–Kier alpha value is -1.67. The maximum absolute atomic E-state index is 8.70. The summed E-state index contributed by atoms with van der Waals surface area (Å²) in [6.45, 7) is 0.0709. The van der Waals surface area contributed by atoms with Crippen LogP contribution in [-0.4, -0.2) is 16.7 Å². The average molecular weight is 185 g/mol. The number of aliphatic hydroxyl groups excluding tert-OH is 1. The maximum atomic E-state index is 8.70. The van der Waals surface area contributed by atoms with Crippen molar-refractivity contribution in [3.8, 4) is 0 Å². The molecule has 0 fully saturated rings. The first-order valence-electron chi connectivity index (χ1n) is 4.52. The molecule has 0 amide bonds. The summed E-state index contributed by atoms with van der Waals surface area (Å²) in [6.07, 6.45) is 7.27. The van der Waals surface area contributed by atoms with Gasteiger partial charge in [-0.15, -0.1) is 0 Å². The minimum absolute atomic E-state index is 0.0709. The Morgan fingerprint density at radius 1 is 1.29 bits per heavy atom. The number of aliphatic hydroxyl groups is 1. The molecule has 0 aliphatic carbocycles.